The zero-order chi connectivity index (χ0) is 12.3. The van der Waals surface area contributed by atoms with Crippen LogP contribution in [0.15, 0.2) is 36.7 Å². The average Bonchev–Trinajstić information content (AvgIpc) is 2.39. The van der Waals surface area contributed by atoms with Crippen molar-refractivity contribution >= 4 is 23.1 Å². The molecule has 2 aromatic rings. The second kappa shape index (κ2) is 4.93. The fraction of sp³-hybridized carbons (Fsp3) is 0.0833. The van der Waals surface area contributed by atoms with Crippen LogP contribution in [0.3, 0.4) is 0 Å². The van der Waals surface area contributed by atoms with E-state index in [0.29, 0.717) is 21.8 Å². The number of ketones is 1. The van der Waals surface area contributed by atoms with Crippen molar-refractivity contribution in [2.24, 2.45) is 0 Å². The van der Waals surface area contributed by atoms with E-state index in [1.54, 1.807) is 31.3 Å². The summed E-state index contributed by atoms with van der Waals surface area (Å²) in [5, 5.41) is 10.9. The smallest absolute Gasteiger partial charge is 0.196 e. The molecule has 0 atom stereocenters. The Balaban J connectivity index is 2.40. The van der Waals surface area contributed by atoms with E-state index < -0.39 is 0 Å². The monoisotopic (exact) mass is 247 g/mol. The van der Waals surface area contributed by atoms with Gasteiger partial charge in [0.15, 0.2) is 5.78 Å². The molecule has 0 bridgehead atoms. The van der Waals surface area contributed by atoms with E-state index in [0.717, 1.165) is 0 Å². The quantitative estimate of drug-likeness (QED) is 0.847. The second-order valence-corrected chi connectivity index (χ2v) is 3.84. The Hall–Kier alpha value is -1.94. The zero-order valence-corrected chi connectivity index (χ0v) is 9.90. The molecule has 0 fully saturated rings. The molecule has 0 unspecified atom stereocenters. The minimum atomic E-state index is -0.110. The van der Waals surface area contributed by atoms with E-state index >= 15 is 0 Å². The molecule has 86 valence electrons. The van der Waals surface area contributed by atoms with Crippen LogP contribution in [0.5, 0.6) is 0 Å². The molecular formula is C12H10ClN3O. The van der Waals surface area contributed by atoms with Gasteiger partial charge in [0.05, 0.1) is 23.6 Å². The van der Waals surface area contributed by atoms with E-state index in [2.05, 4.69) is 15.5 Å². The molecule has 1 N–H and O–H groups in total. The summed E-state index contributed by atoms with van der Waals surface area (Å²) in [6.45, 7) is 0. The van der Waals surface area contributed by atoms with Gasteiger partial charge in [0.25, 0.3) is 0 Å². The van der Waals surface area contributed by atoms with Crippen LogP contribution in [0.25, 0.3) is 0 Å². The van der Waals surface area contributed by atoms with E-state index in [9.17, 15) is 4.79 Å². The SMILES string of the molecule is CNc1cnncc1C(=O)c1ccc(Cl)cc1. The molecule has 17 heavy (non-hydrogen) atoms. The maximum atomic E-state index is 12.2. The second-order valence-electron chi connectivity index (χ2n) is 3.40. The lowest BCUT2D eigenvalue weighted by Crippen LogP contribution is -2.06. The molecule has 1 aromatic carbocycles. The predicted molar refractivity (Wildman–Crippen MR) is 66.5 cm³/mol. The molecule has 0 aliphatic rings. The summed E-state index contributed by atoms with van der Waals surface area (Å²) in [6.07, 6.45) is 2.96. The van der Waals surface area contributed by atoms with Crippen molar-refractivity contribution in [2.75, 3.05) is 12.4 Å². The number of carbonyl (C=O) groups excluding carboxylic acids is 1. The number of halogens is 1. The van der Waals surface area contributed by atoms with Crippen LogP contribution < -0.4 is 5.32 Å². The maximum absolute atomic E-state index is 12.2. The number of hydrogen-bond acceptors (Lipinski definition) is 4. The van der Waals surface area contributed by atoms with Gasteiger partial charge in [-0.2, -0.15) is 10.2 Å². The van der Waals surface area contributed by atoms with Gasteiger partial charge in [-0.1, -0.05) is 11.6 Å². The van der Waals surface area contributed by atoms with E-state index in [4.69, 9.17) is 11.6 Å². The average molecular weight is 248 g/mol. The molecule has 1 heterocycles. The molecule has 0 amide bonds. The van der Waals surface area contributed by atoms with Crippen molar-refractivity contribution in [1.29, 1.82) is 0 Å². The molecule has 0 radical (unpaired) electrons. The van der Waals surface area contributed by atoms with E-state index in [-0.39, 0.29) is 5.78 Å². The van der Waals surface area contributed by atoms with Crippen LogP contribution in [0.4, 0.5) is 5.69 Å². The van der Waals surface area contributed by atoms with Gasteiger partial charge in [-0.05, 0) is 24.3 Å². The number of rotatable bonds is 3. The Morgan fingerprint density at radius 1 is 1.18 bits per heavy atom. The number of nitrogens with one attached hydrogen (secondary N) is 1. The normalized spacial score (nSPS) is 10.0. The van der Waals surface area contributed by atoms with Crippen LogP contribution in [-0.4, -0.2) is 23.0 Å². The minimum Gasteiger partial charge on any atom is -0.386 e. The number of hydrogen-bond donors (Lipinski definition) is 1. The predicted octanol–water partition coefficient (Wildman–Crippen LogP) is 2.40. The highest BCUT2D eigenvalue weighted by atomic mass is 35.5. The molecule has 2 rings (SSSR count). The van der Waals surface area contributed by atoms with Gasteiger partial charge in [-0.3, -0.25) is 4.79 Å². The highest BCUT2D eigenvalue weighted by Crippen LogP contribution is 2.18. The summed E-state index contributed by atoms with van der Waals surface area (Å²) in [5.41, 5.74) is 1.71. The summed E-state index contributed by atoms with van der Waals surface area (Å²) in [4.78, 5) is 12.2. The fourth-order valence-corrected chi connectivity index (χ4v) is 1.58. The molecule has 0 saturated heterocycles. The first-order chi connectivity index (χ1) is 8.22. The Labute approximate surface area is 104 Å². The van der Waals surface area contributed by atoms with Gasteiger partial charge in [0.2, 0.25) is 0 Å². The molecule has 5 heteroatoms. The van der Waals surface area contributed by atoms with Gasteiger partial charge in [0.1, 0.15) is 0 Å². The van der Waals surface area contributed by atoms with Gasteiger partial charge >= 0.3 is 0 Å². The van der Waals surface area contributed by atoms with Crippen molar-refractivity contribution in [2.45, 2.75) is 0 Å². The van der Waals surface area contributed by atoms with Crippen molar-refractivity contribution in [3.05, 3.63) is 52.8 Å². The summed E-state index contributed by atoms with van der Waals surface area (Å²) in [5.74, 6) is -0.110. The Morgan fingerprint density at radius 3 is 2.47 bits per heavy atom. The van der Waals surface area contributed by atoms with E-state index in [1.807, 2.05) is 0 Å². The lowest BCUT2D eigenvalue weighted by atomic mass is 10.0. The van der Waals surface area contributed by atoms with Crippen LogP contribution in [0.1, 0.15) is 15.9 Å². The van der Waals surface area contributed by atoms with Crippen LogP contribution >= 0.6 is 11.6 Å². The number of benzene rings is 1. The maximum Gasteiger partial charge on any atom is 0.196 e. The highest BCUT2D eigenvalue weighted by Gasteiger charge is 2.13. The minimum absolute atomic E-state index is 0.110. The summed E-state index contributed by atoms with van der Waals surface area (Å²) in [6, 6.07) is 6.74. The number of carbonyl (C=O) groups is 1. The summed E-state index contributed by atoms with van der Waals surface area (Å²) in [7, 11) is 1.73. The Bertz CT molecular complexity index is 540. The van der Waals surface area contributed by atoms with Crippen molar-refractivity contribution in [3.8, 4) is 0 Å². The Morgan fingerprint density at radius 2 is 1.82 bits per heavy atom. The van der Waals surface area contributed by atoms with Gasteiger partial charge < -0.3 is 5.32 Å². The van der Waals surface area contributed by atoms with Crippen LogP contribution in [0.2, 0.25) is 5.02 Å². The molecule has 4 nitrogen and oxygen atoms in total. The van der Waals surface area contributed by atoms with Crippen molar-refractivity contribution in [3.63, 3.8) is 0 Å². The molecule has 1 aromatic heterocycles. The molecule has 0 aliphatic heterocycles. The molecule has 0 aliphatic carbocycles. The third-order valence-corrected chi connectivity index (χ3v) is 2.60. The molecule has 0 saturated carbocycles. The first-order valence-electron chi connectivity index (χ1n) is 5.01. The van der Waals surface area contributed by atoms with Gasteiger partial charge in [0, 0.05) is 17.6 Å². The first-order valence-corrected chi connectivity index (χ1v) is 5.39. The third-order valence-electron chi connectivity index (χ3n) is 2.35. The number of nitrogens with zero attached hydrogens (tertiary/aromatic N) is 2. The van der Waals surface area contributed by atoms with Crippen molar-refractivity contribution in [1.82, 2.24) is 10.2 Å². The number of aromatic nitrogens is 2. The van der Waals surface area contributed by atoms with Gasteiger partial charge in [-0.15, -0.1) is 0 Å². The Kier molecular flexibility index (Phi) is 3.35. The van der Waals surface area contributed by atoms with Crippen LogP contribution in [-0.2, 0) is 0 Å². The largest absolute Gasteiger partial charge is 0.386 e. The lowest BCUT2D eigenvalue weighted by molar-refractivity contribution is 0.103. The summed E-state index contributed by atoms with van der Waals surface area (Å²) < 4.78 is 0. The topological polar surface area (TPSA) is 54.9 Å². The highest BCUT2D eigenvalue weighted by molar-refractivity contribution is 6.30. The van der Waals surface area contributed by atoms with E-state index in [1.165, 1.54) is 12.4 Å². The first kappa shape index (κ1) is 11.5. The zero-order valence-electron chi connectivity index (χ0n) is 9.14. The van der Waals surface area contributed by atoms with Gasteiger partial charge in [-0.25, -0.2) is 0 Å². The van der Waals surface area contributed by atoms with Crippen molar-refractivity contribution < 1.29 is 4.79 Å². The standard InChI is InChI=1S/C12H10ClN3O/c1-14-11-7-16-15-6-10(11)12(17)8-2-4-9(13)5-3-8/h2-7H,1H3,(H,14,15). The third kappa shape index (κ3) is 2.42. The summed E-state index contributed by atoms with van der Waals surface area (Å²) >= 11 is 5.77. The lowest BCUT2D eigenvalue weighted by Gasteiger charge is -2.06. The van der Waals surface area contributed by atoms with Crippen LogP contribution in [0, 0.1) is 0 Å². The molecular weight excluding hydrogens is 238 g/mol. The fourth-order valence-electron chi connectivity index (χ4n) is 1.46. The number of anilines is 1. The molecule has 0 spiro atoms.